The van der Waals surface area contributed by atoms with E-state index in [0.29, 0.717) is 6.29 Å². The fourth-order valence-corrected chi connectivity index (χ4v) is 2.03. The molecule has 2 rings (SSSR count). The summed E-state index contributed by atoms with van der Waals surface area (Å²) in [6.07, 6.45) is -2.95. The van der Waals surface area contributed by atoms with Crippen LogP contribution in [0.4, 0.5) is 5.82 Å². The summed E-state index contributed by atoms with van der Waals surface area (Å²) >= 11 is 0. The van der Waals surface area contributed by atoms with E-state index in [1.165, 1.54) is 7.11 Å². The third-order valence-electron chi connectivity index (χ3n) is 3.08. The second-order valence-corrected chi connectivity index (χ2v) is 4.39. The van der Waals surface area contributed by atoms with Gasteiger partial charge in [0.2, 0.25) is 0 Å². The van der Waals surface area contributed by atoms with Gasteiger partial charge in [0.1, 0.15) is 24.1 Å². The maximum Gasteiger partial charge on any atom is 0.351 e. The van der Waals surface area contributed by atoms with E-state index in [4.69, 9.17) is 15.2 Å². The molecular weight excluding hydrogens is 270 g/mol. The predicted molar refractivity (Wildman–Crippen MR) is 66.1 cm³/mol. The van der Waals surface area contributed by atoms with E-state index in [1.807, 2.05) is 0 Å². The quantitative estimate of drug-likeness (QED) is 0.535. The van der Waals surface area contributed by atoms with Crippen molar-refractivity contribution < 1.29 is 24.5 Å². The lowest BCUT2D eigenvalue weighted by atomic mass is 10.1. The van der Waals surface area contributed by atoms with Crippen molar-refractivity contribution in [2.45, 2.75) is 24.5 Å². The second kappa shape index (κ2) is 5.67. The minimum Gasteiger partial charge on any atom is -0.387 e. The van der Waals surface area contributed by atoms with E-state index in [0.717, 1.165) is 10.8 Å². The van der Waals surface area contributed by atoms with Crippen LogP contribution in [0.3, 0.4) is 0 Å². The summed E-state index contributed by atoms with van der Waals surface area (Å²) < 4.78 is 11.1. The van der Waals surface area contributed by atoms with Gasteiger partial charge < -0.3 is 25.4 Å². The highest BCUT2D eigenvalue weighted by molar-refractivity contribution is 5.80. The maximum atomic E-state index is 11.8. The average molecular weight is 285 g/mol. The van der Waals surface area contributed by atoms with E-state index in [9.17, 15) is 19.8 Å². The van der Waals surface area contributed by atoms with Crippen molar-refractivity contribution in [1.82, 2.24) is 9.55 Å². The zero-order chi connectivity index (χ0) is 14.9. The maximum absolute atomic E-state index is 11.8. The molecule has 0 aliphatic carbocycles. The third kappa shape index (κ3) is 2.43. The van der Waals surface area contributed by atoms with E-state index in [1.54, 1.807) is 0 Å². The topological polar surface area (TPSA) is 137 Å². The molecule has 1 saturated heterocycles. The van der Waals surface area contributed by atoms with Crippen molar-refractivity contribution in [2.24, 2.45) is 0 Å². The number of nitrogens with two attached hydrogens (primary N) is 1. The predicted octanol–water partition coefficient (Wildman–Crippen LogP) is -2.10. The number of carbonyl (C=O) groups excluding carboxylic acids is 1. The van der Waals surface area contributed by atoms with Gasteiger partial charge in [0.25, 0.3) is 0 Å². The fourth-order valence-electron chi connectivity index (χ4n) is 2.03. The number of carbonyl (C=O) groups is 1. The monoisotopic (exact) mass is 285 g/mol. The summed E-state index contributed by atoms with van der Waals surface area (Å²) in [7, 11) is 1.41. The van der Waals surface area contributed by atoms with Crippen LogP contribution in [0.2, 0.25) is 0 Å². The van der Waals surface area contributed by atoms with Crippen molar-refractivity contribution in [3.63, 3.8) is 0 Å². The molecule has 1 aromatic rings. The molecular formula is C11H15N3O6. The minimum absolute atomic E-state index is 0.00918. The van der Waals surface area contributed by atoms with Gasteiger partial charge in [0.15, 0.2) is 12.5 Å². The van der Waals surface area contributed by atoms with Gasteiger partial charge in [0, 0.05) is 13.3 Å². The van der Waals surface area contributed by atoms with Crippen LogP contribution in [-0.4, -0.2) is 58.1 Å². The lowest BCUT2D eigenvalue weighted by Gasteiger charge is -2.17. The van der Waals surface area contributed by atoms with Crippen LogP contribution in [0.5, 0.6) is 0 Å². The number of aliphatic hydroxyl groups excluding tert-OH is 2. The molecule has 0 amide bonds. The zero-order valence-corrected chi connectivity index (χ0v) is 10.7. The molecule has 20 heavy (non-hydrogen) atoms. The molecule has 9 nitrogen and oxygen atoms in total. The van der Waals surface area contributed by atoms with Crippen molar-refractivity contribution in [3.8, 4) is 0 Å². The Bertz CT molecular complexity index is 560. The van der Waals surface area contributed by atoms with Crippen LogP contribution in [0, 0.1) is 0 Å². The Kier molecular flexibility index (Phi) is 4.14. The number of aldehydes is 1. The Hall–Kier alpha value is -1.81. The molecule has 0 unspecified atom stereocenters. The molecule has 1 fully saturated rings. The van der Waals surface area contributed by atoms with Crippen molar-refractivity contribution in [2.75, 3.05) is 19.5 Å². The number of ether oxygens (including phenoxy) is 2. The van der Waals surface area contributed by atoms with Crippen molar-refractivity contribution >= 4 is 12.1 Å². The second-order valence-electron chi connectivity index (χ2n) is 4.39. The van der Waals surface area contributed by atoms with Crippen LogP contribution in [-0.2, 0) is 9.47 Å². The summed E-state index contributed by atoms with van der Waals surface area (Å²) in [6.45, 7) is 0.0480. The van der Waals surface area contributed by atoms with Gasteiger partial charge in [-0.2, -0.15) is 4.98 Å². The first kappa shape index (κ1) is 14.6. The number of hydrogen-bond donors (Lipinski definition) is 3. The normalized spacial score (nSPS) is 29.6. The Morgan fingerprint density at radius 3 is 2.85 bits per heavy atom. The molecule has 1 aliphatic rings. The average Bonchev–Trinajstić information content (AvgIpc) is 2.68. The van der Waals surface area contributed by atoms with Crippen LogP contribution in [0.25, 0.3) is 0 Å². The molecule has 0 aromatic carbocycles. The molecule has 0 spiro atoms. The van der Waals surface area contributed by atoms with E-state index in [-0.39, 0.29) is 18.0 Å². The van der Waals surface area contributed by atoms with Crippen molar-refractivity contribution in [3.05, 3.63) is 22.2 Å². The highest BCUT2D eigenvalue weighted by Crippen LogP contribution is 2.28. The summed E-state index contributed by atoms with van der Waals surface area (Å²) in [5.74, 6) is -0.206. The molecule has 1 aliphatic heterocycles. The Labute approximate surface area is 113 Å². The van der Waals surface area contributed by atoms with E-state index in [2.05, 4.69) is 4.98 Å². The molecule has 2 heterocycles. The third-order valence-corrected chi connectivity index (χ3v) is 3.08. The highest BCUT2D eigenvalue weighted by atomic mass is 16.6. The van der Waals surface area contributed by atoms with Gasteiger partial charge in [-0.25, -0.2) is 4.79 Å². The SMILES string of the molecule is COC[C@H]1O[C@@H](n2cc(C=O)c(N)nc2=O)[C@H](O)[C@@H]1O. The summed E-state index contributed by atoms with van der Waals surface area (Å²) in [5.41, 5.74) is 4.61. The molecule has 4 N–H and O–H groups in total. The van der Waals surface area contributed by atoms with Gasteiger partial charge in [-0.3, -0.25) is 9.36 Å². The van der Waals surface area contributed by atoms with Gasteiger partial charge in [-0.1, -0.05) is 0 Å². The molecule has 110 valence electrons. The first-order valence-electron chi connectivity index (χ1n) is 5.84. The van der Waals surface area contributed by atoms with Crippen LogP contribution in [0.1, 0.15) is 16.6 Å². The fraction of sp³-hybridized carbons (Fsp3) is 0.545. The minimum atomic E-state index is -1.35. The Balaban J connectivity index is 2.37. The van der Waals surface area contributed by atoms with Gasteiger partial charge >= 0.3 is 5.69 Å². The van der Waals surface area contributed by atoms with Crippen LogP contribution >= 0.6 is 0 Å². The van der Waals surface area contributed by atoms with E-state index < -0.39 is 30.2 Å². The molecule has 1 aromatic heterocycles. The smallest absolute Gasteiger partial charge is 0.351 e. The van der Waals surface area contributed by atoms with Crippen molar-refractivity contribution in [1.29, 1.82) is 0 Å². The summed E-state index contributed by atoms with van der Waals surface area (Å²) in [6, 6.07) is 0. The lowest BCUT2D eigenvalue weighted by Crippen LogP contribution is -2.36. The number of rotatable bonds is 4. The summed E-state index contributed by atoms with van der Waals surface area (Å²) in [4.78, 5) is 26.0. The standard InChI is InChI=1S/C11H15N3O6/c1-19-4-6-7(16)8(17)10(20-6)14-2-5(3-15)9(12)13-11(14)18/h2-3,6-8,10,16-17H,4H2,1H3,(H2,12,13,18)/t6-,7-,8-,10-/m1/s1. The zero-order valence-electron chi connectivity index (χ0n) is 10.7. The number of aliphatic hydroxyl groups is 2. The Morgan fingerprint density at radius 1 is 1.55 bits per heavy atom. The number of hydrogen-bond acceptors (Lipinski definition) is 8. The molecule has 4 atom stereocenters. The molecule has 0 saturated carbocycles. The number of methoxy groups -OCH3 is 1. The Morgan fingerprint density at radius 2 is 2.25 bits per heavy atom. The van der Waals surface area contributed by atoms with Crippen LogP contribution in [0.15, 0.2) is 11.0 Å². The first-order valence-corrected chi connectivity index (χ1v) is 5.84. The van der Waals surface area contributed by atoms with Crippen LogP contribution < -0.4 is 11.4 Å². The molecule has 9 heteroatoms. The molecule has 0 radical (unpaired) electrons. The number of nitrogens with zero attached hydrogens (tertiary/aromatic N) is 2. The number of aromatic nitrogens is 2. The van der Waals surface area contributed by atoms with Gasteiger partial charge in [0.05, 0.1) is 12.2 Å². The number of anilines is 1. The number of nitrogen functional groups attached to an aromatic ring is 1. The highest BCUT2D eigenvalue weighted by Gasteiger charge is 2.44. The first-order chi connectivity index (χ1) is 9.49. The van der Waals surface area contributed by atoms with Gasteiger partial charge in [-0.15, -0.1) is 0 Å². The largest absolute Gasteiger partial charge is 0.387 e. The molecule has 0 bridgehead atoms. The lowest BCUT2D eigenvalue weighted by molar-refractivity contribution is -0.0614. The van der Waals surface area contributed by atoms with Gasteiger partial charge in [-0.05, 0) is 0 Å². The van der Waals surface area contributed by atoms with E-state index >= 15 is 0 Å². The summed E-state index contributed by atoms with van der Waals surface area (Å²) in [5, 5.41) is 19.7.